The van der Waals surface area contributed by atoms with Crippen LogP contribution < -0.4 is 10.0 Å². The number of benzene rings is 2. The number of likely N-dealkylation sites (N-methyl/N-ethyl adjacent to an activating group) is 1. The lowest BCUT2D eigenvalue weighted by atomic mass is 10.0. The van der Waals surface area contributed by atoms with Crippen LogP contribution in [0.5, 0.6) is 0 Å². The van der Waals surface area contributed by atoms with Crippen LogP contribution in [-0.2, 0) is 16.4 Å². The minimum Gasteiger partial charge on any atom is -0.335 e. The monoisotopic (exact) mass is 389 g/mol. The zero-order chi connectivity index (χ0) is 20.0. The smallest absolute Gasteiger partial charge is 0.328 e. The van der Waals surface area contributed by atoms with Crippen molar-refractivity contribution < 1.29 is 13.2 Å². The van der Waals surface area contributed by atoms with Gasteiger partial charge >= 0.3 is 6.03 Å². The number of urea groups is 1. The lowest BCUT2D eigenvalue weighted by Crippen LogP contribution is -2.42. The van der Waals surface area contributed by atoms with Gasteiger partial charge in [0.05, 0.1) is 10.9 Å². The Labute approximate surface area is 161 Å². The van der Waals surface area contributed by atoms with Crippen LogP contribution in [0.3, 0.4) is 0 Å². The summed E-state index contributed by atoms with van der Waals surface area (Å²) in [6, 6.07) is 13.7. The Morgan fingerprint density at radius 3 is 2.15 bits per heavy atom. The van der Waals surface area contributed by atoms with Crippen LogP contribution in [0.4, 0.5) is 4.79 Å². The van der Waals surface area contributed by atoms with Crippen molar-refractivity contribution in [2.24, 2.45) is 0 Å². The SMILES string of the molecule is CCc1ccc(C(CNC(=O)NS(=O)(=O)c2ccc(C)cc2)N(C)C)cc1. The third kappa shape index (κ3) is 5.80. The van der Waals surface area contributed by atoms with Crippen LogP contribution in [-0.4, -0.2) is 40.0 Å². The molecule has 2 amide bonds. The predicted octanol–water partition coefficient (Wildman–Crippen LogP) is 2.85. The van der Waals surface area contributed by atoms with E-state index in [1.807, 2.05) is 38.1 Å². The summed E-state index contributed by atoms with van der Waals surface area (Å²) in [5, 5.41) is 2.66. The largest absolute Gasteiger partial charge is 0.335 e. The highest BCUT2D eigenvalue weighted by molar-refractivity contribution is 7.90. The average Bonchev–Trinajstić information content (AvgIpc) is 2.62. The number of nitrogens with zero attached hydrogens (tertiary/aromatic N) is 1. The van der Waals surface area contributed by atoms with E-state index in [9.17, 15) is 13.2 Å². The van der Waals surface area contributed by atoms with E-state index in [2.05, 4.69) is 29.1 Å². The molecule has 0 saturated heterocycles. The summed E-state index contributed by atoms with van der Waals surface area (Å²) >= 11 is 0. The Morgan fingerprint density at radius 2 is 1.63 bits per heavy atom. The first-order valence-corrected chi connectivity index (χ1v) is 10.3. The van der Waals surface area contributed by atoms with Crippen LogP contribution in [0.25, 0.3) is 0 Å². The minimum atomic E-state index is -3.89. The summed E-state index contributed by atoms with van der Waals surface area (Å²) in [6.45, 7) is 4.25. The van der Waals surface area contributed by atoms with E-state index in [1.54, 1.807) is 12.1 Å². The van der Waals surface area contributed by atoms with Crippen LogP contribution >= 0.6 is 0 Å². The summed E-state index contributed by atoms with van der Waals surface area (Å²) in [4.78, 5) is 14.2. The van der Waals surface area contributed by atoms with Crippen molar-refractivity contribution in [3.05, 3.63) is 65.2 Å². The van der Waals surface area contributed by atoms with Gasteiger partial charge in [0.25, 0.3) is 10.0 Å². The lowest BCUT2D eigenvalue weighted by Gasteiger charge is -2.25. The maximum Gasteiger partial charge on any atom is 0.328 e. The molecule has 0 bridgehead atoms. The molecule has 2 aromatic rings. The number of sulfonamides is 1. The molecule has 2 aromatic carbocycles. The second kappa shape index (κ2) is 9.01. The highest BCUT2D eigenvalue weighted by atomic mass is 32.2. The average molecular weight is 390 g/mol. The van der Waals surface area contributed by atoms with Crippen molar-refractivity contribution >= 4 is 16.1 Å². The highest BCUT2D eigenvalue weighted by Gasteiger charge is 2.19. The standard InChI is InChI=1S/C20H27N3O3S/c1-5-16-8-10-17(11-9-16)19(23(3)4)14-21-20(24)22-27(25,26)18-12-6-15(2)7-13-18/h6-13,19H,5,14H2,1-4H3,(H2,21,22,24). The van der Waals surface area contributed by atoms with Crippen molar-refractivity contribution in [1.82, 2.24) is 14.9 Å². The predicted molar refractivity (Wildman–Crippen MR) is 107 cm³/mol. The van der Waals surface area contributed by atoms with Gasteiger partial charge in [0.2, 0.25) is 0 Å². The molecule has 0 fully saturated rings. The molecule has 0 radical (unpaired) electrons. The van der Waals surface area contributed by atoms with Gasteiger partial charge in [-0.1, -0.05) is 48.9 Å². The first-order valence-electron chi connectivity index (χ1n) is 8.85. The van der Waals surface area contributed by atoms with E-state index in [0.29, 0.717) is 0 Å². The van der Waals surface area contributed by atoms with E-state index >= 15 is 0 Å². The molecule has 6 nitrogen and oxygen atoms in total. The van der Waals surface area contributed by atoms with E-state index in [1.165, 1.54) is 17.7 Å². The molecule has 0 aliphatic carbocycles. The van der Waals surface area contributed by atoms with Gasteiger partial charge < -0.3 is 10.2 Å². The van der Waals surface area contributed by atoms with Gasteiger partial charge in [-0.15, -0.1) is 0 Å². The Morgan fingerprint density at radius 1 is 1.04 bits per heavy atom. The van der Waals surface area contributed by atoms with Gasteiger partial charge in [-0.3, -0.25) is 0 Å². The molecule has 27 heavy (non-hydrogen) atoms. The molecular formula is C20H27N3O3S. The number of nitrogens with one attached hydrogen (secondary N) is 2. The van der Waals surface area contributed by atoms with Crippen molar-refractivity contribution in [2.45, 2.75) is 31.2 Å². The number of hydrogen-bond acceptors (Lipinski definition) is 4. The van der Waals surface area contributed by atoms with Gasteiger partial charge in [-0.25, -0.2) is 17.9 Å². The van der Waals surface area contributed by atoms with Crippen LogP contribution in [0.2, 0.25) is 0 Å². The van der Waals surface area contributed by atoms with Gasteiger partial charge in [-0.05, 0) is 50.7 Å². The number of carbonyl (C=O) groups excluding carboxylic acids is 1. The molecule has 0 aromatic heterocycles. The molecule has 146 valence electrons. The zero-order valence-corrected chi connectivity index (χ0v) is 17.0. The maximum atomic E-state index is 12.3. The minimum absolute atomic E-state index is 0.0579. The molecule has 0 spiro atoms. The second-order valence-electron chi connectivity index (χ2n) is 6.70. The number of rotatable bonds is 7. The van der Waals surface area contributed by atoms with Crippen LogP contribution in [0.1, 0.15) is 29.7 Å². The Balaban J connectivity index is 2.01. The van der Waals surface area contributed by atoms with Crippen molar-refractivity contribution in [1.29, 1.82) is 0 Å². The first-order chi connectivity index (χ1) is 12.7. The van der Waals surface area contributed by atoms with E-state index in [0.717, 1.165) is 17.5 Å². The molecule has 0 aliphatic rings. The summed E-state index contributed by atoms with van der Waals surface area (Å²) in [6.07, 6.45) is 0.963. The summed E-state index contributed by atoms with van der Waals surface area (Å²) in [7, 11) is -0.0583. The normalized spacial score (nSPS) is 12.6. The third-order valence-electron chi connectivity index (χ3n) is 4.41. The Hall–Kier alpha value is -2.38. The summed E-state index contributed by atoms with van der Waals surface area (Å²) < 4.78 is 26.6. The molecule has 2 N–H and O–H groups in total. The second-order valence-corrected chi connectivity index (χ2v) is 8.39. The quantitative estimate of drug-likeness (QED) is 0.763. The van der Waals surface area contributed by atoms with Crippen molar-refractivity contribution in [3.63, 3.8) is 0 Å². The van der Waals surface area contributed by atoms with Gasteiger partial charge in [-0.2, -0.15) is 0 Å². The van der Waals surface area contributed by atoms with E-state index < -0.39 is 16.1 Å². The fourth-order valence-electron chi connectivity index (χ4n) is 2.70. The molecule has 7 heteroatoms. The molecule has 0 heterocycles. The molecule has 2 rings (SSSR count). The topological polar surface area (TPSA) is 78.5 Å². The third-order valence-corrected chi connectivity index (χ3v) is 5.76. The molecule has 0 saturated carbocycles. The zero-order valence-electron chi connectivity index (χ0n) is 16.2. The molecule has 1 unspecified atom stereocenters. The number of hydrogen-bond donors (Lipinski definition) is 2. The molecule has 1 atom stereocenters. The fraction of sp³-hybridized carbons (Fsp3) is 0.350. The van der Waals surface area contributed by atoms with Gasteiger partial charge in [0.1, 0.15) is 0 Å². The van der Waals surface area contributed by atoms with Gasteiger partial charge in [0.15, 0.2) is 0 Å². The van der Waals surface area contributed by atoms with Gasteiger partial charge in [0, 0.05) is 6.54 Å². The lowest BCUT2D eigenvalue weighted by molar-refractivity contribution is 0.237. The first kappa shape index (κ1) is 20.9. The Kier molecular flexibility index (Phi) is 6.98. The van der Waals surface area contributed by atoms with E-state index in [4.69, 9.17) is 0 Å². The van der Waals surface area contributed by atoms with Crippen molar-refractivity contribution in [2.75, 3.05) is 20.6 Å². The summed E-state index contributed by atoms with van der Waals surface area (Å²) in [5.74, 6) is 0. The maximum absolute atomic E-state index is 12.3. The number of amides is 2. The van der Waals surface area contributed by atoms with E-state index in [-0.39, 0.29) is 17.5 Å². The van der Waals surface area contributed by atoms with Crippen molar-refractivity contribution in [3.8, 4) is 0 Å². The van der Waals surface area contributed by atoms with Crippen LogP contribution in [0, 0.1) is 6.92 Å². The Bertz CT molecular complexity index is 860. The highest BCUT2D eigenvalue weighted by Crippen LogP contribution is 2.18. The summed E-state index contributed by atoms with van der Waals surface area (Å²) in [5.41, 5.74) is 3.24. The molecular weight excluding hydrogens is 362 g/mol. The van der Waals surface area contributed by atoms with Crippen LogP contribution in [0.15, 0.2) is 53.4 Å². The number of aryl methyl sites for hydroxylation is 2. The number of carbonyl (C=O) groups is 1. The molecule has 0 aliphatic heterocycles. The fourth-order valence-corrected chi connectivity index (χ4v) is 3.63.